The minimum atomic E-state index is 0.101. The second-order valence-corrected chi connectivity index (χ2v) is 5.80. The van der Waals surface area contributed by atoms with Crippen LogP contribution in [0.4, 0.5) is 0 Å². The summed E-state index contributed by atoms with van der Waals surface area (Å²) in [5.74, 6) is 0.514. The van der Waals surface area contributed by atoms with Gasteiger partial charge in [-0.2, -0.15) is 0 Å². The molecular weight excluding hydrogens is 263 g/mol. The van der Waals surface area contributed by atoms with Gasteiger partial charge in [0.1, 0.15) is 0 Å². The molecule has 0 fully saturated rings. The Morgan fingerprint density at radius 1 is 1.31 bits per heavy atom. The molecule has 0 nitrogen and oxygen atoms in total. The minimum absolute atomic E-state index is 0.101. The quantitative estimate of drug-likeness (QED) is 0.493. The first-order chi connectivity index (χ1) is 6.14. The third kappa shape index (κ3) is 3.72. The molecule has 0 saturated heterocycles. The van der Waals surface area contributed by atoms with E-state index in [1.807, 2.05) is 18.2 Å². The van der Waals surface area contributed by atoms with Crippen LogP contribution in [-0.4, -0.2) is 22.5 Å². The molecule has 0 aromatic carbocycles. The molecule has 0 aromatic heterocycles. The topological polar surface area (TPSA) is 0 Å². The fourth-order valence-corrected chi connectivity index (χ4v) is 2.11. The number of unbranched alkanes of at least 4 members (excludes halogenated alkanes) is 1. The average Bonchev–Trinajstić information content (AvgIpc) is 2.18. The van der Waals surface area contributed by atoms with Gasteiger partial charge in [-0.3, -0.25) is 0 Å². The van der Waals surface area contributed by atoms with Crippen molar-refractivity contribution in [3.8, 4) is 0 Å². The van der Waals surface area contributed by atoms with Crippen LogP contribution >= 0.6 is 0 Å². The summed E-state index contributed by atoms with van der Waals surface area (Å²) in [6.45, 7) is 13.9. The predicted octanol–water partition coefficient (Wildman–Crippen LogP) is 3.68. The molecule has 0 N–H and O–H groups in total. The molecule has 1 heteroatoms. The molecular formula is C12H19Sn. The normalized spacial score (nSPS) is 13.4. The molecule has 13 heavy (non-hydrogen) atoms. The predicted molar refractivity (Wildman–Crippen MR) is 62.1 cm³/mol. The van der Waals surface area contributed by atoms with Crippen LogP contribution in [0.5, 0.6) is 0 Å². The van der Waals surface area contributed by atoms with E-state index >= 15 is 0 Å². The van der Waals surface area contributed by atoms with E-state index in [2.05, 4.69) is 26.7 Å². The maximum atomic E-state index is 3.89. The first kappa shape index (κ1) is 13.0. The van der Waals surface area contributed by atoms with E-state index < -0.39 is 0 Å². The van der Waals surface area contributed by atoms with E-state index in [0.29, 0.717) is 5.92 Å². The van der Waals surface area contributed by atoms with Gasteiger partial charge in [-0.1, -0.05) is 0 Å². The van der Waals surface area contributed by atoms with Gasteiger partial charge in [0.15, 0.2) is 0 Å². The summed E-state index contributed by atoms with van der Waals surface area (Å²) in [5.41, 5.74) is 0. The molecule has 0 bridgehead atoms. The SMILES string of the molecule is C=CC(CCCC)[C]([Sn])(C=C)C=C. The fourth-order valence-electron chi connectivity index (χ4n) is 1.36. The van der Waals surface area contributed by atoms with E-state index in [9.17, 15) is 0 Å². The van der Waals surface area contributed by atoms with Crippen molar-refractivity contribution < 1.29 is 0 Å². The second kappa shape index (κ2) is 6.47. The van der Waals surface area contributed by atoms with Crippen LogP contribution in [0, 0.1) is 5.92 Å². The summed E-state index contributed by atoms with van der Waals surface area (Å²) < 4.78 is 0.101. The molecule has 1 unspecified atom stereocenters. The third-order valence-corrected chi connectivity index (χ3v) is 4.67. The van der Waals surface area contributed by atoms with Crippen molar-refractivity contribution in [2.75, 3.05) is 0 Å². The third-order valence-electron chi connectivity index (χ3n) is 2.44. The van der Waals surface area contributed by atoms with E-state index in [1.54, 1.807) is 0 Å². The van der Waals surface area contributed by atoms with Crippen molar-refractivity contribution in [2.45, 2.75) is 29.6 Å². The standard InChI is InChI=1S/C12H19.Sn/c1-5-9-10-12(8-4)11(6-2)7-3;/h6-8,12H,2-5,9-10H2,1H3;. The van der Waals surface area contributed by atoms with Gasteiger partial charge in [0, 0.05) is 0 Å². The van der Waals surface area contributed by atoms with Crippen molar-refractivity contribution >= 4 is 22.5 Å². The van der Waals surface area contributed by atoms with Crippen LogP contribution in [0.15, 0.2) is 38.0 Å². The van der Waals surface area contributed by atoms with Crippen LogP contribution in [0.25, 0.3) is 0 Å². The van der Waals surface area contributed by atoms with Crippen LogP contribution in [0.3, 0.4) is 0 Å². The van der Waals surface area contributed by atoms with Crippen LogP contribution in [0.2, 0.25) is 3.43 Å². The molecule has 71 valence electrons. The summed E-state index contributed by atoms with van der Waals surface area (Å²) in [6.07, 6.45) is 9.77. The summed E-state index contributed by atoms with van der Waals surface area (Å²) in [5, 5.41) is 0. The van der Waals surface area contributed by atoms with Crippen molar-refractivity contribution in [1.82, 2.24) is 0 Å². The Kier molecular flexibility index (Phi) is 6.48. The first-order valence-electron chi connectivity index (χ1n) is 4.79. The van der Waals surface area contributed by atoms with E-state index in [1.165, 1.54) is 41.8 Å². The Labute approximate surface area is 95.9 Å². The molecule has 0 aliphatic carbocycles. The van der Waals surface area contributed by atoms with E-state index in [0.717, 1.165) is 0 Å². The van der Waals surface area contributed by atoms with Gasteiger partial charge in [-0.15, -0.1) is 0 Å². The average molecular weight is 282 g/mol. The Morgan fingerprint density at radius 2 is 1.85 bits per heavy atom. The van der Waals surface area contributed by atoms with Gasteiger partial charge in [0.25, 0.3) is 0 Å². The van der Waals surface area contributed by atoms with Gasteiger partial charge in [-0.05, 0) is 0 Å². The summed E-state index contributed by atoms with van der Waals surface area (Å²) in [7, 11) is 0. The fraction of sp³-hybridized carbons (Fsp3) is 0.500. The molecule has 0 heterocycles. The molecule has 0 aromatic rings. The molecule has 0 aliphatic heterocycles. The molecule has 0 aliphatic rings. The maximum absolute atomic E-state index is 3.89. The van der Waals surface area contributed by atoms with Crippen LogP contribution in [-0.2, 0) is 0 Å². The van der Waals surface area contributed by atoms with Gasteiger partial charge >= 0.3 is 96.0 Å². The van der Waals surface area contributed by atoms with Gasteiger partial charge in [0.2, 0.25) is 0 Å². The molecule has 0 saturated carbocycles. The molecule has 0 rings (SSSR count). The Balaban J connectivity index is 4.42. The Hall–Kier alpha value is 0.0187. The number of rotatable bonds is 7. The molecule has 0 spiro atoms. The van der Waals surface area contributed by atoms with Crippen LogP contribution < -0.4 is 0 Å². The Bertz CT molecular complexity index is 174. The first-order valence-corrected chi connectivity index (χ1v) is 6.22. The molecule has 3 radical (unpaired) electrons. The van der Waals surface area contributed by atoms with Crippen molar-refractivity contribution in [2.24, 2.45) is 5.92 Å². The van der Waals surface area contributed by atoms with E-state index in [4.69, 9.17) is 0 Å². The van der Waals surface area contributed by atoms with Crippen molar-refractivity contribution in [1.29, 1.82) is 0 Å². The zero-order valence-corrected chi connectivity index (χ0v) is 11.4. The van der Waals surface area contributed by atoms with Crippen LogP contribution in [0.1, 0.15) is 26.2 Å². The van der Waals surface area contributed by atoms with Gasteiger partial charge < -0.3 is 0 Å². The molecule has 0 amide bonds. The molecule has 1 atom stereocenters. The summed E-state index contributed by atoms with van der Waals surface area (Å²) in [6, 6.07) is 0. The van der Waals surface area contributed by atoms with Crippen molar-refractivity contribution in [3.63, 3.8) is 0 Å². The zero-order valence-electron chi connectivity index (χ0n) is 8.55. The summed E-state index contributed by atoms with van der Waals surface area (Å²) in [4.78, 5) is 0. The van der Waals surface area contributed by atoms with Crippen molar-refractivity contribution in [3.05, 3.63) is 38.0 Å². The Morgan fingerprint density at radius 3 is 2.15 bits per heavy atom. The number of allylic oxidation sites excluding steroid dienone is 3. The van der Waals surface area contributed by atoms with E-state index in [-0.39, 0.29) is 3.43 Å². The monoisotopic (exact) mass is 283 g/mol. The zero-order chi connectivity index (χ0) is 10.3. The summed E-state index contributed by atoms with van der Waals surface area (Å²) >= 11 is 1.46. The second-order valence-electron chi connectivity index (χ2n) is 3.33. The number of hydrogen-bond donors (Lipinski definition) is 0. The number of hydrogen-bond acceptors (Lipinski definition) is 0. The van der Waals surface area contributed by atoms with Gasteiger partial charge in [-0.25, -0.2) is 0 Å². The van der Waals surface area contributed by atoms with Gasteiger partial charge in [0.05, 0.1) is 0 Å².